The number of piperidine rings is 1. The monoisotopic (exact) mass is 275 g/mol. The number of hydrogen-bond acceptors (Lipinski definition) is 3. The first-order valence-corrected chi connectivity index (χ1v) is 5.84. The SMILES string of the molecule is Cl.Cl.c1ccc(NC2CC3CCC(C2)N3)nc1. The number of nitrogens with zero attached hydrogens (tertiary/aromatic N) is 1. The summed E-state index contributed by atoms with van der Waals surface area (Å²) in [5, 5.41) is 7.18. The van der Waals surface area contributed by atoms with E-state index in [1.54, 1.807) is 0 Å². The maximum Gasteiger partial charge on any atom is 0.126 e. The van der Waals surface area contributed by atoms with Gasteiger partial charge in [-0.2, -0.15) is 0 Å². The highest BCUT2D eigenvalue weighted by Crippen LogP contribution is 2.28. The second kappa shape index (κ2) is 6.43. The summed E-state index contributed by atoms with van der Waals surface area (Å²) in [6.07, 6.45) is 7.04. The summed E-state index contributed by atoms with van der Waals surface area (Å²) < 4.78 is 0. The van der Waals surface area contributed by atoms with Gasteiger partial charge in [0.1, 0.15) is 5.82 Å². The van der Waals surface area contributed by atoms with E-state index >= 15 is 0 Å². The van der Waals surface area contributed by atoms with Crippen LogP contribution in [0.25, 0.3) is 0 Å². The number of aromatic nitrogens is 1. The van der Waals surface area contributed by atoms with Crippen molar-refractivity contribution in [3.8, 4) is 0 Å². The largest absolute Gasteiger partial charge is 0.367 e. The van der Waals surface area contributed by atoms with Crippen molar-refractivity contribution in [3.63, 3.8) is 0 Å². The minimum absolute atomic E-state index is 0. The fourth-order valence-corrected chi connectivity index (χ4v) is 2.83. The lowest BCUT2D eigenvalue weighted by molar-refractivity contribution is 0.377. The van der Waals surface area contributed by atoms with Gasteiger partial charge in [-0.05, 0) is 37.8 Å². The highest BCUT2D eigenvalue weighted by atomic mass is 35.5. The highest BCUT2D eigenvalue weighted by molar-refractivity contribution is 5.85. The predicted octanol–water partition coefficient (Wildman–Crippen LogP) is 2.62. The predicted molar refractivity (Wildman–Crippen MR) is 75.3 cm³/mol. The van der Waals surface area contributed by atoms with Crippen molar-refractivity contribution in [3.05, 3.63) is 24.4 Å². The van der Waals surface area contributed by atoms with Crippen molar-refractivity contribution < 1.29 is 0 Å². The summed E-state index contributed by atoms with van der Waals surface area (Å²) in [7, 11) is 0. The van der Waals surface area contributed by atoms with Crippen LogP contribution in [0.4, 0.5) is 5.82 Å². The summed E-state index contributed by atoms with van der Waals surface area (Å²) in [6, 6.07) is 8.13. The van der Waals surface area contributed by atoms with E-state index in [0.717, 1.165) is 17.9 Å². The second-order valence-electron chi connectivity index (χ2n) is 4.67. The molecule has 0 aliphatic carbocycles. The van der Waals surface area contributed by atoms with Gasteiger partial charge in [-0.1, -0.05) is 6.07 Å². The van der Waals surface area contributed by atoms with Gasteiger partial charge in [-0.15, -0.1) is 24.8 Å². The minimum Gasteiger partial charge on any atom is -0.367 e. The van der Waals surface area contributed by atoms with Crippen molar-refractivity contribution in [2.45, 2.75) is 43.8 Å². The molecule has 2 unspecified atom stereocenters. The maximum absolute atomic E-state index is 4.31. The van der Waals surface area contributed by atoms with Gasteiger partial charge in [-0.3, -0.25) is 0 Å². The summed E-state index contributed by atoms with van der Waals surface area (Å²) in [4.78, 5) is 4.31. The van der Waals surface area contributed by atoms with Gasteiger partial charge in [0.25, 0.3) is 0 Å². The lowest BCUT2D eigenvalue weighted by Gasteiger charge is -2.29. The Hall–Kier alpha value is -0.510. The van der Waals surface area contributed by atoms with Crippen LogP contribution in [0.3, 0.4) is 0 Å². The Balaban J connectivity index is 0.000000722. The molecule has 5 heteroatoms. The average molecular weight is 276 g/mol. The van der Waals surface area contributed by atoms with E-state index in [0.29, 0.717) is 6.04 Å². The molecule has 2 N–H and O–H groups in total. The zero-order valence-electron chi connectivity index (χ0n) is 9.63. The normalized spacial score (nSPS) is 30.0. The minimum atomic E-state index is 0. The number of pyridine rings is 1. The third-order valence-corrected chi connectivity index (χ3v) is 3.49. The summed E-state index contributed by atoms with van der Waals surface area (Å²) in [5.41, 5.74) is 0. The molecular weight excluding hydrogens is 257 g/mol. The van der Waals surface area contributed by atoms with Gasteiger partial charge in [0.15, 0.2) is 0 Å². The van der Waals surface area contributed by atoms with E-state index in [1.807, 2.05) is 24.4 Å². The number of rotatable bonds is 2. The second-order valence-corrected chi connectivity index (χ2v) is 4.67. The van der Waals surface area contributed by atoms with E-state index in [4.69, 9.17) is 0 Å². The fourth-order valence-electron chi connectivity index (χ4n) is 2.83. The van der Waals surface area contributed by atoms with E-state index in [9.17, 15) is 0 Å². The van der Waals surface area contributed by atoms with E-state index in [-0.39, 0.29) is 24.8 Å². The molecule has 2 aliphatic rings. The zero-order chi connectivity index (χ0) is 10.1. The van der Waals surface area contributed by atoms with Crippen LogP contribution in [0, 0.1) is 0 Å². The van der Waals surface area contributed by atoms with Crippen molar-refractivity contribution in [1.82, 2.24) is 10.3 Å². The van der Waals surface area contributed by atoms with E-state index in [2.05, 4.69) is 15.6 Å². The Morgan fingerprint density at radius 2 is 1.82 bits per heavy atom. The molecule has 2 saturated heterocycles. The number of fused-ring (bicyclic) bond motifs is 2. The Kier molecular flexibility index (Phi) is 5.50. The summed E-state index contributed by atoms with van der Waals surface area (Å²) in [6.45, 7) is 0. The van der Waals surface area contributed by atoms with Gasteiger partial charge in [0.2, 0.25) is 0 Å². The molecule has 2 atom stereocenters. The number of halogens is 2. The molecule has 2 bridgehead atoms. The third-order valence-electron chi connectivity index (χ3n) is 3.49. The van der Waals surface area contributed by atoms with Crippen LogP contribution in [0.5, 0.6) is 0 Å². The lowest BCUT2D eigenvalue weighted by Crippen LogP contribution is -2.43. The number of hydrogen-bond donors (Lipinski definition) is 2. The van der Waals surface area contributed by atoms with Crippen molar-refractivity contribution in [1.29, 1.82) is 0 Å². The van der Waals surface area contributed by atoms with Gasteiger partial charge in [-0.25, -0.2) is 4.98 Å². The first-order valence-electron chi connectivity index (χ1n) is 5.84. The topological polar surface area (TPSA) is 37.0 Å². The van der Waals surface area contributed by atoms with Crippen LogP contribution in [-0.4, -0.2) is 23.1 Å². The molecule has 0 aromatic carbocycles. The first kappa shape index (κ1) is 14.6. The van der Waals surface area contributed by atoms with Gasteiger partial charge in [0.05, 0.1) is 0 Å². The van der Waals surface area contributed by atoms with Crippen LogP contribution in [0.15, 0.2) is 24.4 Å². The number of nitrogens with one attached hydrogen (secondary N) is 2. The highest BCUT2D eigenvalue weighted by Gasteiger charge is 2.33. The first-order chi connectivity index (χ1) is 7.40. The molecule has 2 aliphatic heterocycles. The molecule has 3 rings (SSSR count). The van der Waals surface area contributed by atoms with Crippen molar-refractivity contribution >= 4 is 30.6 Å². The quantitative estimate of drug-likeness (QED) is 0.872. The Morgan fingerprint density at radius 1 is 1.12 bits per heavy atom. The van der Waals surface area contributed by atoms with Gasteiger partial charge in [0, 0.05) is 24.3 Å². The molecule has 1 aromatic heterocycles. The Bertz CT molecular complexity index is 322. The lowest BCUT2D eigenvalue weighted by atomic mass is 10.00. The van der Waals surface area contributed by atoms with Crippen LogP contribution in [0.2, 0.25) is 0 Å². The smallest absolute Gasteiger partial charge is 0.126 e. The van der Waals surface area contributed by atoms with Gasteiger partial charge >= 0.3 is 0 Å². The average Bonchev–Trinajstić information content (AvgIpc) is 2.60. The van der Waals surface area contributed by atoms with E-state index in [1.165, 1.54) is 25.7 Å². The molecule has 3 heterocycles. The number of anilines is 1. The van der Waals surface area contributed by atoms with Crippen molar-refractivity contribution in [2.75, 3.05) is 5.32 Å². The molecule has 2 fully saturated rings. The zero-order valence-corrected chi connectivity index (χ0v) is 11.3. The van der Waals surface area contributed by atoms with Crippen LogP contribution in [0.1, 0.15) is 25.7 Å². The molecule has 96 valence electrons. The molecule has 3 nitrogen and oxygen atoms in total. The molecule has 0 saturated carbocycles. The Labute approximate surface area is 115 Å². The van der Waals surface area contributed by atoms with E-state index < -0.39 is 0 Å². The summed E-state index contributed by atoms with van der Waals surface area (Å²) >= 11 is 0. The molecule has 1 aromatic rings. The maximum atomic E-state index is 4.31. The van der Waals surface area contributed by atoms with Crippen LogP contribution < -0.4 is 10.6 Å². The summed E-state index contributed by atoms with van der Waals surface area (Å²) in [5.74, 6) is 1.02. The molecule has 0 radical (unpaired) electrons. The Morgan fingerprint density at radius 3 is 2.41 bits per heavy atom. The fraction of sp³-hybridized carbons (Fsp3) is 0.583. The van der Waals surface area contributed by atoms with Crippen LogP contribution in [-0.2, 0) is 0 Å². The molecule has 0 spiro atoms. The third kappa shape index (κ3) is 3.47. The standard InChI is InChI=1S/C12H17N3.2ClH/c1-2-6-13-12(3-1)15-11-7-9-4-5-10(8-11)14-9;;/h1-3,6,9-11,14H,4-5,7-8H2,(H,13,15);2*1H. The molecular formula is C12H19Cl2N3. The van der Waals surface area contributed by atoms with Crippen LogP contribution >= 0.6 is 24.8 Å². The molecule has 17 heavy (non-hydrogen) atoms. The van der Waals surface area contributed by atoms with Crippen molar-refractivity contribution in [2.24, 2.45) is 0 Å². The molecule has 0 amide bonds. The van der Waals surface area contributed by atoms with Gasteiger partial charge < -0.3 is 10.6 Å².